The molecule has 0 spiro atoms. The van der Waals surface area contributed by atoms with Crippen LogP contribution in [0.25, 0.3) is 0 Å². The van der Waals surface area contributed by atoms with E-state index in [1.807, 2.05) is 30.3 Å². The second-order valence-corrected chi connectivity index (χ2v) is 5.31. The Morgan fingerprint density at radius 2 is 1.95 bits per heavy atom. The molecule has 2 unspecified atom stereocenters. The number of methoxy groups -OCH3 is 1. The molecule has 118 valence electrons. The highest BCUT2D eigenvalue weighted by atomic mass is 16.5. The number of hydrogen-bond donors (Lipinski definition) is 2. The van der Waals surface area contributed by atoms with Crippen LogP contribution in [0.2, 0.25) is 0 Å². The number of benzene rings is 1. The first-order chi connectivity index (χ1) is 10.2. The molecule has 2 N–H and O–H groups in total. The Hall–Kier alpha value is -1.39. The normalized spacial score (nSPS) is 13.7. The lowest BCUT2D eigenvalue weighted by Gasteiger charge is -2.19. The van der Waals surface area contributed by atoms with Crippen LogP contribution in [-0.4, -0.2) is 37.9 Å². The van der Waals surface area contributed by atoms with Crippen molar-refractivity contribution in [2.45, 2.75) is 32.1 Å². The molecule has 0 aromatic heterocycles. The number of carbonyl (C=O) groups is 1. The van der Waals surface area contributed by atoms with Crippen molar-refractivity contribution in [1.82, 2.24) is 5.32 Å². The van der Waals surface area contributed by atoms with Gasteiger partial charge in [-0.3, -0.25) is 4.79 Å². The van der Waals surface area contributed by atoms with Crippen molar-refractivity contribution in [2.24, 2.45) is 5.92 Å². The predicted octanol–water partition coefficient (Wildman–Crippen LogP) is 2.33. The predicted molar refractivity (Wildman–Crippen MR) is 84.2 cm³/mol. The van der Waals surface area contributed by atoms with Crippen LogP contribution in [0.15, 0.2) is 30.3 Å². The largest absolute Gasteiger partial charge is 0.469 e. The van der Waals surface area contributed by atoms with E-state index in [4.69, 9.17) is 9.84 Å². The number of ether oxygens (including phenoxy) is 1. The summed E-state index contributed by atoms with van der Waals surface area (Å²) in [7, 11) is 1.42. The van der Waals surface area contributed by atoms with Crippen LogP contribution in [0.5, 0.6) is 0 Å². The zero-order valence-electron chi connectivity index (χ0n) is 13.0. The molecular formula is C17H27NO3. The molecule has 1 aromatic rings. The Balaban J connectivity index is 2.56. The SMILES string of the molecule is CCCC(CCO)CNCC(C(=O)OC)c1ccccc1. The number of nitrogens with one attached hydrogen (secondary N) is 1. The van der Waals surface area contributed by atoms with E-state index in [0.717, 1.165) is 31.4 Å². The quantitative estimate of drug-likeness (QED) is 0.650. The number of aliphatic hydroxyl groups is 1. The zero-order chi connectivity index (χ0) is 15.5. The third-order valence-electron chi connectivity index (χ3n) is 3.70. The van der Waals surface area contributed by atoms with E-state index in [9.17, 15) is 4.79 Å². The monoisotopic (exact) mass is 293 g/mol. The van der Waals surface area contributed by atoms with Crippen LogP contribution in [0, 0.1) is 5.92 Å². The molecule has 1 rings (SSSR count). The van der Waals surface area contributed by atoms with Crippen molar-refractivity contribution in [3.63, 3.8) is 0 Å². The molecule has 21 heavy (non-hydrogen) atoms. The number of rotatable bonds is 10. The van der Waals surface area contributed by atoms with Gasteiger partial charge in [-0.25, -0.2) is 0 Å². The fourth-order valence-electron chi connectivity index (χ4n) is 2.54. The summed E-state index contributed by atoms with van der Waals surface area (Å²) < 4.78 is 4.90. The van der Waals surface area contributed by atoms with Gasteiger partial charge in [-0.15, -0.1) is 0 Å². The summed E-state index contributed by atoms with van der Waals surface area (Å²) in [6.07, 6.45) is 2.99. The fraction of sp³-hybridized carbons (Fsp3) is 0.588. The molecule has 4 heteroatoms. The number of aliphatic hydroxyl groups excluding tert-OH is 1. The Morgan fingerprint density at radius 1 is 1.24 bits per heavy atom. The van der Waals surface area contributed by atoms with Crippen LogP contribution in [0.4, 0.5) is 0 Å². The molecule has 0 fully saturated rings. The summed E-state index contributed by atoms with van der Waals surface area (Å²) in [5, 5.41) is 12.4. The molecule has 0 saturated carbocycles. The highest BCUT2D eigenvalue weighted by molar-refractivity contribution is 5.78. The lowest BCUT2D eigenvalue weighted by atomic mass is 9.97. The Kier molecular flexibility index (Phi) is 8.71. The third-order valence-corrected chi connectivity index (χ3v) is 3.70. The van der Waals surface area contributed by atoms with Gasteiger partial charge in [0, 0.05) is 13.2 Å². The Bertz CT molecular complexity index is 388. The van der Waals surface area contributed by atoms with Gasteiger partial charge < -0.3 is 15.2 Å². The first-order valence-electron chi connectivity index (χ1n) is 7.67. The molecule has 0 bridgehead atoms. The lowest BCUT2D eigenvalue weighted by molar-refractivity contribution is -0.142. The number of hydrogen-bond acceptors (Lipinski definition) is 4. The molecule has 0 heterocycles. The van der Waals surface area contributed by atoms with Crippen LogP contribution in [0.1, 0.15) is 37.7 Å². The summed E-state index contributed by atoms with van der Waals surface area (Å²) >= 11 is 0. The molecule has 0 aliphatic carbocycles. The minimum atomic E-state index is -0.285. The van der Waals surface area contributed by atoms with Gasteiger partial charge >= 0.3 is 5.97 Å². The van der Waals surface area contributed by atoms with Gasteiger partial charge in [-0.2, -0.15) is 0 Å². The van der Waals surface area contributed by atoms with E-state index in [-0.39, 0.29) is 18.5 Å². The molecule has 0 radical (unpaired) electrons. The van der Waals surface area contributed by atoms with Gasteiger partial charge in [-0.05, 0) is 30.9 Å². The molecule has 0 saturated heterocycles. The van der Waals surface area contributed by atoms with E-state index in [2.05, 4.69) is 12.2 Å². The maximum absolute atomic E-state index is 11.9. The Morgan fingerprint density at radius 3 is 2.52 bits per heavy atom. The highest BCUT2D eigenvalue weighted by Crippen LogP contribution is 2.17. The van der Waals surface area contributed by atoms with Crippen LogP contribution in [0.3, 0.4) is 0 Å². The zero-order valence-corrected chi connectivity index (χ0v) is 13.0. The smallest absolute Gasteiger partial charge is 0.314 e. The van der Waals surface area contributed by atoms with Crippen molar-refractivity contribution in [3.05, 3.63) is 35.9 Å². The van der Waals surface area contributed by atoms with Gasteiger partial charge in [0.1, 0.15) is 0 Å². The second kappa shape index (κ2) is 10.4. The van der Waals surface area contributed by atoms with Crippen molar-refractivity contribution < 1.29 is 14.6 Å². The highest BCUT2D eigenvalue weighted by Gasteiger charge is 2.21. The van der Waals surface area contributed by atoms with Crippen molar-refractivity contribution in [2.75, 3.05) is 26.8 Å². The maximum atomic E-state index is 11.9. The van der Waals surface area contributed by atoms with Crippen molar-refractivity contribution in [1.29, 1.82) is 0 Å². The average molecular weight is 293 g/mol. The van der Waals surface area contributed by atoms with Gasteiger partial charge in [-0.1, -0.05) is 43.7 Å². The van der Waals surface area contributed by atoms with Crippen molar-refractivity contribution in [3.8, 4) is 0 Å². The average Bonchev–Trinajstić information content (AvgIpc) is 2.52. The molecule has 0 aliphatic rings. The van der Waals surface area contributed by atoms with Gasteiger partial charge in [0.15, 0.2) is 0 Å². The van der Waals surface area contributed by atoms with E-state index >= 15 is 0 Å². The minimum Gasteiger partial charge on any atom is -0.469 e. The summed E-state index contributed by atoms with van der Waals surface area (Å²) in [6, 6.07) is 9.68. The van der Waals surface area contributed by atoms with E-state index in [1.54, 1.807) is 0 Å². The van der Waals surface area contributed by atoms with Gasteiger partial charge in [0.2, 0.25) is 0 Å². The lowest BCUT2D eigenvalue weighted by Crippen LogP contribution is -2.31. The van der Waals surface area contributed by atoms with Gasteiger partial charge in [0.25, 0.3) is 0 Å². The summed E-state index contributed by atoms with van der Waals surface area (Å²) in [5.41, 5.74) is 0.964. The summed E-state index contributed by atoms with van der Waals surface area (Å²) in [6.45, 7) is 3.73. The van der Waals surface area contributed by atoms with Crippen LogP contribution >= 0.6 is 0 Å². The first-order valence-corrected chi connectivity index (χ1v) is 7.67. The number of carbonyl (C=O) groups excluding carboxylic acids is 1. The Labute approximate surface area is 127 Å². The van der Waals surface area contributed by atoms with E-state index in [0.29, 0.717) is 12.5 Å². The standard InChI is InChI=1S/C17H27NO3/c1-3-7-14(10-11-19)12-18-13-16(17(20)21-2)15-8-5-4-6-9-15/h4-6,8-9,14,16,18-19H,3,7,10-13H2,1-2H3. The number of esters is 1. The minimum absolute atomic E-state index is 0.214. The van der Waals surface area contributed by atoms with Crippen LogP contribution < -0.4 is 5.32 Å². The topological polar surface area (TPSA) is 58.6 Å². The first kappa shape index (κ1) is 17.7. The second-order valence-electron chi connectivity index (χ2n) is 5.31. The molecule has 0 aliphatic heterocycles. The summed E-state index contributed by atoms with van der Waals surface area (Å²) in [4.78, 5) is 11.9. The molecule has 2 atom stereocenters. The third kappa shape index (κ3) is 6.27. The van der Waals surface area contributed by atoms with E-state index in [1.165, 1.54) is 7.11 Å². The molecule has 4 nitrogen and oxygen atoms in total. The molecular weight excluding hydrogens is 266 g/mol. The fourth-order valence-corrected chi connectivity index (χ4v) is 2.54. The molecule has 0 amide bonds. The molecule has 1 aromatic carbocycles. The maximum Gasteiger partial charge on any atom is 0.314 e. The van der Waals surface area contributed by atoms with Crippen LogP contribution in [-0.2, 0) is 9.53 Å². The summed E-state index contributed by atoms with van der Waals surface area (Å²) in [5.74, 6) is -0.0513. The van der Waals surface area contributed by atoms with E-state index < -0.39 is 0 Å². The van der Waals surface area contributed by atoms with Crippen molar-refractivity contribution >= 4 is 5.97 Å². The van der Waals surface area contributed by atoms with Gasteiger partial charge in [0.05, 0.1) is 13.0 Å².